The number of carbonyl (C=O) groups is 1. The van der Waals surface area contributed by atoms with E-state index in [1.54, 1.807) is 6.07 Å². The number of nitrogens with one attached hydrogen (secondary N) is 1. The predicted octanol–water partition coefficient (Wildman–Crippen LogP) is 5.10. The molecular weight excluding hydrogens is 389 g/mol. The molecule has 1 amide bonds. The van der Waals surface area contributed by atoms with Crippen molar-refractivity contribution in [1.82, 2.24) is 14.9 Å². The van der Waals surface area contributed by atoms with Gasteiger partial charge in [-0.2, -0.15) is 0 Å². The van der Waals surface area contributed by atoms with E-state index in [9.17, 15) is 9.18 Å². The van der Waals surface area contributed by atoms with E-state index in [1.807, 2.05) is 19.1 Å². The Balaban J connectivity index is 1.48. The van der Waals surface area contributed by atoms with Crippen molar-refractivity contribution >= 4 is 17.5 Å². The number of rotatable bonds is 6. The van der Waals surface area contributed by atoms with Gasteiger partial charge in [-0.25, -0.2) is 9.37 Å². The topological polar surface area (TPSA) is 46.9 Å². The molecule has 4 nitrogen and oxygen atoms in total. The van der Waals surface area contributed by atoms with Crippen LogP contribution in [-0.2, 0) is 24.2 Å². The maximum absolute atomic E-state index is 13.3. The van der Waals surface area contributed by atoms with Gasteiger partial charge >= 0.3 is 0 Å². The van der Waals surface area contributed by atoms with Crippen LogP contribution in [-0.4, -0.2) is 15.5 Å². The molecule has 150 valence electrons. The zero-order chi connectivity index (χ0) is 20.4. The molecule has 0 fully saturated rings. The van der Waals surface area contributed by atoms with Gasteiger partial charge in [-0.05, 0) is 42.2 Å². The number of imidazole rings is 1. The van der Waals surface area contributed by atoms with Gasteiger partial charge in [-0.3, -0.25) is 4.79 Å². The summed E-state index contributed by atoms with van der Waals surface area (Å²) in [6, 6.07) is 12.4. The lowest BCUT2D eigenvalue weighted by Crippen LogP contribution is -2.29. The molecule has 0 radical (unpaired) electrons. The van der Waals surface area contributed by atoms with E-state index >= 15 is 0 Å². The van der Waals surface area contributed by atoms with Crippen molar-refractivity contribution in [3.63, 3.8) is 0 Å². The standard InChI is InChI=1S/C23H23ClFN3O/c1-2-20(27-23(29)12-15-8-9-19(25)18(24)11-15)16-5-3-6-17(13-16)21-14-28-10-4-7-22(28)26-21/h3,5-6,8-9,11,13-14,20H,2,4,7,10,12H2,1H3,(H,27,29). The number of aryl methyl sites for hydroxylation is 2. The normalized spacial score (nSPS) is 13.9. The van der Waals surface area contributed by atoms with Crippen LogP contribution < -0.4 is 5.32 Å². The molecule has 6 heteroatoms. The van der Waals surface area contributed by atoms with Gasteiger partial charge in [0.1, 0.15) is 11.6 Å². The molecule has 2 heterocycles. The fourth-order valence-electron chi connectivity index (χ4n) is 3.81. The minimum absolute atomic E-state index is 0.0296. The highest BCUT2D eigenvalue weighted by molar-refractivity contribution is 6.30. The van der Waals surface area contributed by atoms with Crippen molar-refractivity contribution < 1.29 is 9.18 Å². The number of amides is 1. The second kappa shape index (κ2) is 8.37. The van der Waals surface area contributed by atoms with Crippen LogP contribution in [0.4, 0.5) is 4.39 Å². The van der Waals surface area contributed by atoms with Gasteiger partial charge in [-0.1, -0.05) is 42.8 Å². The van der Waals surface area contributed by atoms with Crippen molar-refractivity contribution in [3.8, 4) is 11.3 Å². The van der Waals surface area contributed by atoms with Crippen molar-refractivity contribution in [1.29, 1.82) is 0 Å². The fraction of sp³-hybridized carbons (Fsp3) is 0.304. The minimum Gasteiger partial charge on any atom is -0.349 e. The second-order valence-corrected chi connectivity index (χ2v) is 7.83. The van der Waals surface area contributed by atoms with E-state index < -0.39 is 5.82 Å². The van der Waals surface area contributed by atoms with E-state index in [1.165, 1.54) is 12.1 Å². The maximum Gasteiger partial charge on any atom is 0.224 e. The second-order valence-electron chi connectivity index (χ2n) is 7.42. The first-order valence-corrected chi connectivity index (χ1v) is 10.3. The van der Waals surface area contributed by atoms with Gasteiger partial charge in [0.15, 0.2) is 0 Å². The van der Waals surface area contributed by atoms with Crippen LogP contribution in [0, 0.1) is 5.82 Å². The molecule has 1 aliphatic rings. The summed E-state index contributed by atoms with van der Waals surface area (Å²) in [6.45, 7) is 3.07. The van der Waals surface area contributed by atoms with E-state index in [2.05, 4.69) is 28.2 Å². The van der Waals surface area contributed by atoms with Gasteiger partial charge in [0.05, 0.1) is 23.2 Å². The SMILES string of the molecule is CCC(NC(=O)Cc1ccc(F)c(Cl)c1)c1cccc(-c2cn3c(n2)CCC3)c1. The molecular formula is C23H23ClFN3O. The van der Waals surface area contributed by atoms with Gasteiger partial charge in [0.25, 0.3) is 0 Å². The maximum atomic E-state index is 13.3. The average molecular weight is 412 g/mol. The Hall–Kier alpha value is -2.66. The van der Waals surface area contributed by atoms with Crippen molar-refractivity contribution in [2.75, 3.05) is 0 Å². The highest BCUT2D eigenvalue weighted by Crippen LogP contribution is 2.26. The zero-order valence-electron chi connectivity index (χ0n) is 16.3. The highest BCUT2D eigenvalue weighted by atomic mass is 35.5. The number of hydrogen-bond donors (Lipinski definition) is 1. The van der Waals surface area contributed by atoms with E-state index in [0.717, 1.165) is 48.5 Å². The van der Waals surface area contributed by atoms with Crippen LogP contribution in [0.2, 0.25) is 5.02 Å². The lowest BCUT2D eigenvalue weighted by Gasteiger charge is -2.18. The zero-order valence-corrected chi connectivity index (χ0v) is 17.0. The van der Waals surface area contributed by atoms with Gasteiger partial charge < -0.3 is 9.88 Å². The summed E-state index contributed by atoms with van der Waals surface area (Å²) in [6.07, 6.45) is 5.22. The first-order chi connectivity index (χ1) is 14.0. The molecule has 1 N–H and O–H groups in total. The van der Waals surface area contributed by atoms with E-state index in [0.29, 0.717) is 5.56 Å². The quantitative estimate of drug-likeness (QED) is 0.613. The van der Waals surface area contributed by atoms with Crippen LogP contribution in [0.3, 0.4) is 0 Å². The molecule has 1 aromatic heterocycles. The summed E-state index contributed by atoms with van der Waals surface area (Å²) in [4.78, 5) is 17.3. The van der Waals surface area contributed by atoms with Crippen molar-refractivity contribution in [2.24, 2.45) is 0 Å². The molecule has 0 saturated carbocycles. The molecule has 1 atom stereocenters. The smallest absolute Gasteiger partial charge is 0.224 e. The molecule has 2 aromatic carbocycles. The highest BCUT2D eigenvalue weighted by Gasteiger charge is 2.17. The number of hydrogen-bond acceptors (Lipinski definition) is 2. The lowest BCUT2D eigenvalue weighted by atomic mass is 10.0. The Kier molecular flexibility index (Phi) is 5.67. The summed E-state index contributed by atoms with van der Waals surface area (Å²) >= 11 is 5.81. The molecule has 0 bridgehead atoms. The van der Waals surface area contributed by atoms with Gasteiger partial charge in [0.2, 0.25) is 5.91 Å². The number of carbonyl (C=O) groups excluding carboxylic acids is 1. The Morgan fingerprint density at radius 2 is 2.17 bits per heavy atom. The Morgan fingerprint density at radius 3 is 2.93 bits per heavy atom. The van der Waals surface area contributed by atoms with Gasteiger partial charge in [-0.15, -0.1) is 0 Å². The minimum atomic E-state index is -0.482. The molecule has 3 aromatic rings. The van der Waals surface area contributed by atoms with E-state index in [4.69, 9.17) is 16.6 Å². The molecule has 1 unspecified atom stereocenters. The van der Waals surface area contributed by atoms with Crippen LogP contribution in [0.1, 0.15) is 42.8 Å². The number of halogens is 2. The Labute approximate surface area is 174 Å². The van der Waals surface area contributed by atoms with Gasteiger partial charge in [0, 0.05) is 24.7 Å². The molecule has 4 rings (SSSR count). The molecule has 0 spiro atoms. The number of aromatic nitrogens is 2. The number of benzene rings is 2. The van der Waals surface area contributed by atoms with E-state index in [-0.39, 0.29) is 23.4 Å². The van der Waals surface area contributed by atoms with Crippen LogP contribution in [0.5, 0.6) is 0 Å². The van der Waals surface area contributed by atoms with Crippen molar-refractivity contribution in [2.45, 2.75) is 45.2 Å². The molecule has 29 heavy (non-hydrogen) atoms. The summed E-state index contributed by atoms with van der Waals surface area (Å²) in [5, 5.41) is 3.11. The first-order valence-electron chi connectivity index (χ1n) is 9.93. The molecule has 1 aliphatic heterocycles. The third-order valence-corrected chi connectivity index (χ3v) is 5.63. The third-order valence-electron chi connectivity index (χ3n) is 5.34. The summed E-state index contributed by atoms with van der Waals surface area (Å²) in [5.41, 5.74) is 3.76. The summed E-state index contributed by atoms with van der Waals surface area (Å²) < 4.78 is 15.5. The Bertz CT molecular complexity index is 1020. The fourth-order valence-corrected chi connectivity index (χ4v) is 4.01. The predicted molar refractivity (Wildman–Crippen MR) is 112 cm³/mol. The average Bonchev–Trinajstić information content (AvgIpc) is 3.31. The third kappa shape index (κ3) is 4.35. The lowest BCUT2D eigenvalue weighted by molar-refractivity contribution is -0.121. The van der Waals surface area contributed by atoms with Crippen LogP contribution in [0.15, 0.2) is 48.7 Å². The summed E-state index contributed by atoms with van der Waals surface area (Å²) in [7, 11) is 0. The van der Waals surface area contributed by atoms with Crippen LogP contribution >= 0.6 is 11.6 Å². The van der Waals surface area contributed by atoms with Crippen LogP contribution in [0.25, 0.3) is 11.3 Å². The number of fused-ring (bicyclic) bond motifs is 1. The molecule has 0 aliphatic carbocycles. The number of nitrogens with zero attached hydrogens (tertiary/aromatic N) is 2. The largest absolute Gasteiger partial charge is 0.349 e. The molecule has 0 saturated heterocycles. The first kappa shape index (κ1) is 19.6. The Morgan fingerprint density at radius 1 is 1.31 bits per heavy atom. The van der Waals surface area contributed by atoms with Crippen molar-refractivity contribution in [3.05, 3.63) is 76.5 Å². The summed E-state index contributed by atoms with van der Waals surface area (Å²) in [5.74, 6) is 0.541. The monoisotopic (exact) mass is 411 g/mol.